The van der Waals surface area contributed by atoms with E-state index in [-0.39, 0.29) is 17.7 Å². The maximum atomic E-state index is 11.9. The van der Waals surface area contributed by atoms with Crippen molar-refractivity contribution >= 4 is 23.4 Å². The van der Waals surface area contributed by atoms with Gasteiger partial charge < -0.3 is 10.6 Å². The highest BCUT2D eigenvalue weighted by molar-refractivity contribution is 6.30. The van der Waals surface area contributed by atoms with Gasteiger partial charge in [-0.2, -0.15) is 0 Å². The molecule has 5 heteroatoms. The molecule has 2 N–H and O–H groups in total. The number of hydrogen-bond donors (Lipinski definition) is 2. The molecule has 2 rings (SSSR count). The molecule has 1 aliphatic rings. The fourth-order valence-corrected chi connectivity index (χ4v) is 2.57. The predicted octanol–water partition coefficient (Wildman–Crippen LogP) is 1.91. The molecule has 0 aromatic heterocycles. The van der Waals surface area contributed by atoms with Gasteiger partial charge in [0.2, 0.25) is 11.8 Å². The molecule has 2 atom stereocenters. The third-order valence-corrected chi connectivity index (χ3v) is 3.83. The van der Waals surface area contributed by atoms with Crippen LogP contribution in [0, 0.1) is 5.92 Å². The number of benzene rings is 1. The van der Waals surface area contributed by atoms with E-state index in [1.807, 2.05) is 25.1 Å². The summed E-state index contributed by atoms with van der Waals surface area (Å²) in [7, 11) is 0. The number of piperidine rings is 1. The van der Waals surface area contributed by atoms with Crippen molar-refractivity contribution in [3.63, 3.8) is 0 Å². The molecule has 0 aliphatic carbocycles. The van der Waals surface area contributed by atoms with Crippen LogP contribution in [0.1, 0.15) is 25.3 Å². The van der Waals surface area contributed by atoms with Gasteiger partial charge in [0.15, 0.2) is 0 Å². The van der Waals surface area contributed by atoms with E-state index in [2.05, 4.69) is 10.6 Å². The van der Waals surface area contributed by atoms with Crippen LogP contribution in [-0.2, 0) is 16.0 Å². The lowest BCUT2D eigenvalue weighted by molar-refractivity contribution is -0.131. The number of hydrogen-bond acceptors (Lipinski definition) is 2. The summed E-state index contributed by atoms with van der Waals surface area (Å²) in [5.41, 5.74) is 1.02. The first kappa shape index (κ1) is 14.9. The number of carbonyl (C=O) groups excluding carboxylic acids is 2. The summed E-state index contributed by atoms with van der Waals surface area (Å²) in [4.78, 5) is 23.7. The second-order valence-corrected chi connectivity index (χ2v) is 5.67. The second kappa shape index (κ2) is 6.75. The number of halogens is 1. The molecule has 20 heavy (non-hydrogen) atoms. The lowest BCUT2D eigenvalue weighted by Gasteiger charge is -2.29. The molecule has 0 radical (unpaired) electrons. The van der Waals surface area contributed by atoms with E-state index >= 15 is 0 Å². The Morgan fingerprint density at radius 3 is 3.00 bits per heavy atom. The summed E-state index contributed by atoms with van der Waals surface area (Å²) in [5, 5.41) is 6.27. The smallest absolute Gasteiger partial charge is 0.242 e. The highest BCUT2D eigenvalue weighted by Crippen LogP contribution is 2.14. The summed E-state index contributed by atoms with van der Waals surface area (Å²) in [6, 6.07) is 7.06. The summed E-state index contributed by atoms with van der Waals surface area (Å²) < 4.78 is 0. The van der Waals surface area contributed by atoms with E-state index in [4.69, 9.17) is 11.6 Å². The minimum absolute atomic E-state index is 0.0835. The van der Waals surface area contributed by atoms with Crippen molar-refractivity contribution in [3.05, 3.63) is 34.9 Å². The molecule has 4 nitrogen and oxygen atoms in total. The number of carbonyl (C=O) groups is 2. The Hall–Kier alpha value is -1.55. The van der Waals surface area contributed by atoms with Crippen LogP contribution in [0.4, 0.5) is 0 Å². The third-order valence-electron chi connectivity index (χ3n) is 3.60. The van der Waals surface area contributed by atoms with E-state index in [0.717, 1.165) is 12.0 Å². The predicted molar refractivity (Wildman–Crippen MR) is 78.5 cm³/mol. The van der Waals surface area contributed by atoms with Gasteiger partial charge in [-0.05, 0) is 36.5 Å². The molecule has 2 amide bonds. The SMILES string of the molecule is C[C@@H]1CCNC(=O)[C@@H]1NC(=O)CCc1cccc(Cl)c1. The van der Waals surface area contributed by atoms with Gasteiger partial charge in [0.1, 0.15) is 6.04 Å². The molecule has 0 bridgehead atoms. The molecule has 0 spiro atoms. The van der Waals surface area contributed by atoms with Crippen molar-refractivity contribution in [2.45, 2.75) is 32.2 Å². The van der Waals surface area contributed by atoms with Gasteiger partial charge in [-0.3, -0.25) is 9.59 Å². The number of aryl methyl sites for hydroxylation is 1. The fraction of sp³-hybridized carbons (Fsp3) is 0.467. The van der Waals surface area contributed by atoms with Crippen LogP contribution in [0.15, 0.2) is 24.3 Å². The Morgan fingerprint density at radius 1 is 1.50 bits per heavy atom. The number of rotatable bonds is 4. The molecule has 108 valence electrons. The topological polar surface area (TPSA) is 58.2 Å². The van der Waals surface area contributed by atoms with Crippen LogP contribution in [0.3, 0.4) is 0 Å². The highest BCUT2D eigenvalue weighted by atomic mass is 35.5. The second-order valence-electron chi connectivity index (χ2n) is 5.23. The average molecular weight is 295 g/mol. The van der Waals surface area contributed by atoms with E-state index in [1.165, 1.54) is 0 Å². The molecule has 0 saturated carbocycles. The van der Waals surface area contributed by atoms with Crippen LogP contribution in [0.25, 0.3) is 0 Å². The minimum Gasteiger partial charge on any atom is -0.354 e. The van der Waals surface area contributed by atoms with Crippen molar-refractivity contribution in [2.24, 2.45) is 5.92 Å². The Kier molecular flexibility index (Phi) is 5.01. The van der Waals surface area contributed by atoms with Crippen LogP contribution >= 0.6 is 11.6 Å². The summed E-state index contributed by atoms with van der Waals surface area (Å²) in [6.45, 7) is 2.68. The fourth-order valence-electron chi connectivity index (χ4n) is 2.36. The molecule has 0 unspecified atom stereocenters. The van der Waals surface area contributed by atoms with Gasteiger partial charge >= 0.3 is 0 Å². The van der Waals surface area contributed by atoms with Crippen LogP contribution in [0.2, 0.25) is 5.02 Å². The molecule has 1 aromatic rings. The van der Waals surface area contributed by atoms with Crippen LogP contribution in [-0.4, -0.2) is 24.4 Å². The van der Waals surface area contributed by atoms with Crippen molar-refractivity contribution in [2.75, 3.05) is 6.54 Å². The normalized spacial score (nSPS) is 22.2. The van der Waals surface area contributed by atoms with E-state index in [0.29, 0.717) is 24.4 Å². The van der Waals surface area contributed by atoms with Crippen molar-refractivity contribution in [1.29, 1.82) is 0 Å². The van der Waals surface area contributed by atoms with Gasteiger partial charge in [-0.25, -0.2) is 0 Å². The first-order valence-corrected chi connectivity index (χ1v) is 7.25. The maximum absolute atomic E-state index is 11.9. The molecule has 1 aromatic carbocycles. The zero-order chi connectivity index (χ0) is 14.5. The highest BCUT2D eigenvalue weighted by Gasteiger charge is 2.29. The Balaban J connectivity index is 1.84. The van der Waals surface area contributed by atoms with Gasteiger partial charge in [0.25, 0.3) is 0 Å². The van der Waals surface area contributed by atoms with Crippen molar-refractivity contribution in [1.82, 2.24) is 10.6 Å². The molecule has 1 heterocycles. The lowest BCUT2D eigenvalue weighted by Crippen LogP contribution is -2.54. The Morgan fingerprint density at radius 2 is 2.30 bits per heavy atom. The largest absolute Gasteiger partial charge is 0.354 e. The Labute approximate surface area is 123 Å². The van der Waals surface area contributed by atoms with Crippen LogP contribution < -0.4 is 10.6 Å². The molecular weight excluding hydrogens is 276 g/mol. The van der Waals surface area contributed by atoms with Gasteiger partial charge in [-0.1, -0.05) is 30.7 Å². The first-order valence-electron chi connectivity index (χ1n) is 6.88. The molecule has 1 aliphatic heterocycles. The average Bonchev–Trinajstić information content (AvgIpc) is 2.41. The lowest BCUT2D eigenvalue weighted by atomic mass is 9.94. The quantitative estimate of drug-likeness (QED) is 0.891. The van der Waals surface area contributed by atoms with Gasteiger partial charge in [0, 0.05) is 18.0 Å². The monoisotopic (exact) mass is 294 g/mol. The summed E-state index contributed by atoms with van der Waals surface area (Å²) in [5.74, 6) is -0.00222. The molecule has 1 saturated heterocycles. The van der Waals surface area contributed by atoms with E-state index in [1.54, 1.807) is 6.07 Å². The standard InChI is InChI=1S/C15H19ClN2O2/c1-10-7-8-17-15(20)14(10)18-13(19)6-5-11-3-2-4-12(16)9-11/h2-4,9-10,14H,5-8H2,1H3,(H,17,20)(H,18,19)/t10-,14-/m1/s1. The van der Waals surface area contributed by atoms with Gasteiger partial charge in [0.05, 0.1) is 0 Å². The first-order chi connectivity index (χ1) is 9.56. The van der Waals surface area contributed by atoms with Crippen LogP contribution in [0.5, 0.6) is 0 Å². The molecular formula is C15H19ClN2O2. The maximum Gasteiger partial charge on any atom is 0.242 e. The number of nitrogens with one attached hydrogen (secondary N) is 2. The molecule has 1 fully saturated rings. The van der Waals surface area contributed by atoms with Crippen molar-refractivity contribution in [3.8, 4) is 0 Å². The minimum atomic E-state index is -0.407. The number of amides is 2. The zero-order valence-electron chi connectivity index (χ0n) is 11.5. The summed E-state index contributed by atoms with van der Waals surface area (Å²) >= 11 is 5.90. The Bertz CT molecular complexity index is 504. The van der Waals surface area contributed by atoms with Gasteiger partial charge in [-0.15, -0.1) is 0 Å². The van der Waals surface area contributed by atoms with E-state index < -0.39 is 6.04 Å². The van der Waals surface area contributed by atoms with E-state index in [9.17, 15) is 9.59 Å². The third kappa shape index (κ3) is 3.97. The summed E-state index contributed by atoms with van der Waals surface area (Å²) in [6.07, 6.45) is 1.87. The zero-order valence-corrected chi connectivity index (χ0v) is 12.2. The van der Waals surface area contributed by atoms with Crippen molar-refractivity contribution < 1.29 is 9.59 Å².